The van der Waals surface area contributed by atoms with Gasteiger partial charge in [0.05, 0.1) is 5.54 Å². The fourth-order valence-electron chi connectivity index (χ4n) is 1.51. The average Bonchev–Trinajstić information content (AvgIpc) is 1.95. The van der Waals surface area contributed by atoms with E-state index >= 15 is 0 Å². The number of amides is 2. The van der Waals surface area contributed by atoms with Gasteiger partial charge >= 0.3 is 6.09 Å². The molecule has 0 aliphatic heterocycles. The van der Waals surface area contributed by atoms with Crippen LogP contribution in [0.15, 0.2) is 0 Å². The van der Waals surface area contributed by atoms with Gasteiger partial charge in [-0.25, -0.2) is 4.79 Å². The lowest BCUT2D eigenvalue weighted by Gasteiger charge is -2.43. The Morgan fingerprint density at radius 2 is 2.00 bits per heavy atom. The number of nitrogens with two attached hydrogens (primary N) is 1. The molecule has 1 fully saturated rings. The standard InChI is InChI=1S/C7H12N2O4/c8-5(11)4(10)7(2-1-3-7)9-6(12)13/h4,9-10H,1-3H2,(H2,8,11)(H,12,13). The van der Waals surface area contributed by atoms with Gasteiger partial charge in [-0.1, -0.05) is 0 Å². The van der Waals surface area contributed by atoms with Gasteiger partial charge in [0.1, 0.15) is 0 Å². The zero-order valence-corrected chi connectivity index (χ0v) is 6.99. The van der Waals surface area contributed by atoms with Crippen LogP contribution in [0.3, 0.4) is 0 Å². The van der Waals surface area contributed by atoms with Crippen LogP contribution in [-0.4, -0.2) is 33.9 Å². The van der Waals surface area contributed by atoms with Crippen molar-refractivity contribution in [2.75, 3.05) is 0 Å². The molecule has 0 spiro atoms. The van der Waals surface area contributed by atoms with Crippen LogP contribution < -0.4 is 11.1 Å². The second kappa shape index (κ2) is 3.21. The second-order valence-electron chi connectivity index (χ2n) is 3.24. The first-order valence-electron chi connectivity index (χ1n) is 3.96. The van der Waals surface area contributed by atoms with Gasteiger partial charge in [-0.05, 0) is 19.3 Å². The third-order valence-corrected chi connectivity index (χ3v) is 2.39. The highest BCUT2D eigenvalue weighted by Gasteiger charge is 2.47. The Morgan fingerprint density at radius 3 is 2.23 bits per heavy atom. The molecule has 1 saturated carbocycles. The summed E-state index contributed by atoms with van der Waals surface area (Å²) in [5.41, 5.74) is 3.84. The van der Waals surface area contributed by atoms with Crippen molar-refractivity contribution in [3.05, 3.63) is 0 Å². The molecule has 0 aromatic heterocycles. The second-order valence-corrected chi connectivity index (χ2v) is 3.24. The number of nitrogens with one attached hydrogen (secondary N) is 1. The summed E-state index contributed by atoms with van der Waals surface area (Å²) in [6.07, 6.45) is -1.00. The summed E-state index contributed by atoms with van der Waals surface area (Å²) in [4.78, 5) is 21.0. The smallest absolute Gasteiger partial charge is 0.405 e. The monoisotopic (exact) mass is 188 g/mol. The summed E-state index contributed by atoms with van der Waals surface area (Å²) in [6, 6.07) is 0. The summed E-state index contributed by atoms with van der Waals surface area (Å²) in [7, 11) is 0. The molecule has 1 aliphatic rings. The Hall–Kier alpha value is -1.30. The van der Waals surface area contributed by atoms with Crippen LogP contribution in [-0.2, 0) is 4.79 Å². The van der Waals surface area contributed by atoms with Gasteiger partial charge in [0.15, 0.2) is 6.10 Å². The molecule has 1 atom stereocenters. The molecule has 0 aromatic rings. The van der Waals surface area contributed by atoms with Gasteiger partial charge < -0.3 is 21.3 Å². The van der Waals surface area contributed by atoms with Crippen LogP contribution >= 0.6 is 0 Å². The zero-order chi connectivity index (χ0) is 10.1. The van der Waals surface area contributed by atoms with E-state index in [-0.39, 0.29) is 0 Å². The SMILES string of the molecule is NC(=O)C(O)C1(NC(=O)O)CCC1. The van der Waals surface area contributed by atoms with Gasteiger partial charge in [-0.3, -0.25) is 4.79 Å². The van der Waals surface area contributed by atoms with Crippen LogP contribution in [0.1, 0.15) is 19.3 Å². The lowest BCUT2D eigenvalue weighted by atomic mass is 9.72. The molecule has 0 radical (unpaired) electrons. The fraction of sp³-hybridized carbons (Fsp3) is 0.714. The highest BCUT2D eigenvalue weighted by Crippen LogP contribution is 2.34. The summed E-state index contributed by atoms with van der Waals surface area (Å²) < 4.78 is 0. The van der Waals surface area contributed by atoms with E-state index in [1.54, 1.807) is 0 Å². The van der Waals surface area contributed by atoms with Gasteiger partial charge in [0.25, 0.3) is 0 Å². The van der Waals surface area contributed by atoms with Crippen molar-refractivity contribution in [3.63, 3.8) is 0 Å². The first kappa shape index (κ1) is 9.79. The molecule has 1 aliphatic carbocycles. The normalized spacial score (nSPS) is 21.3. The highest BCUT2D eigenvalue weighted by molar-refractivity contribution is 5.81. The van der Waals surface area contributed by atoms with Crippen LogP contribution in [0.4, 0.5) is 4.79 Å². The molecule has 2 amide bonds. The van der Waals surface area contributed by atoms with Gasteiger partial charge in [-0.2, -0.15) is 0 Å². The minimum absolute atomic E-state index is 0.448. The van der Waals surface area contributed by atoms with Crippen LogP contribution in [0.2, 0.25) is 0 Å². The van der Waals surface area contributed by atoms with Crippen molar-refractivity contribution in [2.24, 2.45) is 5.73 Å². The number of carboxylic acid groups (broad SMARTS) is 1. The van der Waals surface area contributed by atoms with E-state index in [9.17, 15) is 14.7 Å². The Morgan fingerprint density at radius 1 is 1.46 bits per heavy atom. The number of aliphatic hydroxyl groups is 1. The number of hydrogen-bond acceptors (Lipinski definition) is 3. The molecule has 1 rings (SSSR count). The summed E-state index contributed by atoms with van der Waals surface area (Å²) in [6.45, 7) is 0. The summed E-state index contributed by atoms with van der Waals surface area (Å²) in [5.74, 6) is -0.895. The van der Waals surface area contributed by atoms with Gasteiger partial charge in [-0.15, -0.1) is 0 Å². The number of carbonyl (C=O) groups is 2. The van der Waals surface area contributed by atoms with Crippen molar-refractivity contribution in [1.82, 2.24) is 5.32 Å². The van der Waals surface area contributed by atoms with Crippen LogP contribution in [0, 0.1) is 0 Å². The third kappa shape index (κ3) is 1.72. The fourth-order valence-corrected chi connectivity index (χ4v) is 1.51. The van der Waals surface area contributed by atoms with Crippen LogP contribution in [0.5, 0.6) is 0 Å². The Balaban J connectivity index is 2.69. The molecule has 5 N–H and O–H groups in total. The maximum Gasteiger partial charge on any atom is 0.405 e. The molecule has 0 aromatic carbocycles. The first-order valence-corrected chi connectivity index (χ1v) is 3.96. The molecule has 13 heavy (non-hydrogen) atoms. The first-order chi connectivity index (χ1) is 5.98. The van der Waals surface area contributed by atoms with E-state index in [1.165, 1.54) is 0 Å². The average molecular weight is 188 g/mol. The lowest BCUT2D eigenvalue weighted by Crippen LogP contribution is -2.64. The molecule has 0 heterocycles. The Labute approximate surface area is 74.7 Å². The van der Waals surface area contributed by atoms with E-state index in [0.717, 1.165) is 6.42 Å². The maximum atomic E-state index is 10.7. The largest absolute Gasteiger partial charge is 0.465 e. The topological polar surface area (TPSA) is 113 Å². The molecular weight excluding hydrogens is 176 g/mol. The molecule has 0 bridgehead atoms. The number of aliphatic hydroxyl groups excluding tert-OH is 1. The molecule has 74 valence electrons. The van der Waals surface area contributed by atoms with E-state index in [0.29, 0.717) is 12.8 Å². The van der Waals surface area contributed by atoms with E-state index in [4.69, 9.17) is 10.8 Å². The Bertz CT molecular complexity index is 237. The van der Waals surface area contributed by atoms with E-state index in [1.807, 2.05) is 0 Å². The number of rotatable bonds is 3. The number of hydrogen-bond donors (Lipinski definition) is 4. The predicted molar refractivity (Wildman–Crippen MR) is 42.9 cm³/mol. The summed E-state index contributed by atoms with van der Waals surface area (Å²) in [5, 5.41) is 20.0. The van der Waals surface area contributed by atoms with Crippen molar-refractivity contribution in [2.45, 2.75) is 30.9 Å². The predicted octanol–water partition coefficient (Wildman–Crippen LogP) is -0.977. The maximum absolute atomic E-state index is 10.7. The zero-order valence-electron chi connectivity index (χ0n) is 6.99. The molecular formula is C7H12N2O4. The minimum atomic E-state index is -1.43. The van der Waals surface area contributed by atoms with Crippen molar-refractivity contribution < 1.29 is 19.8 Å². The van der Waals surface area contributed by atoms with Gasteiger partial charge in [0, 0.05) is 0 Å². The number of primary amides is 1. The van der Waals surface area contributed by atoms with E-state index < -0.39 is 23.6 Å². The quantitative estimate of drug-likeness (QED) is 0.456. The van der Waals surface area contributed by atoms with Crippen LogP contribution in [0.25, 0.3) is 0 Å². The lowest BCUT2D eigenvalue weighted by molar-refractivity contribution is -0.132. The molecule has 1 unspecified atom stereocenters. The van der Waals surface area contributed by atoms with Crippen molar-refractivity contribution in [1.29, 1.82) is 0 Å². The summed E-state index contributed by atoms with van der Waals surface area (Å²) >= 11 is 0. The van der Waals surface area contributed by atoms with E-state index in [2.05, 4.69) is 5.32 Å². The van der Waals surface area contributed by atoms with Gasteiger partial charge in [0.2, 0.25) is 5.91 Å². The van der Waals surface area contributed by atoms with Crippen molar-refractivity contribution >= 4 is 12.0 Å². The molecule has 6 nitrogen and oxygen atoms in total. The Kier molecular flexibility index (Phi) is 2.42. The highest BCUT2D eigenvalue weighted by atomic mass is 16.4. The minimum Gasteiger partial charge on any atom is -0.465 e. The molecule has 6 heteroatoms. The third-order valence-electron chi connectivity index (χ3n) is 2.39. The van der Waals surface area contributed by atoms with Crippen molar-refractivity contribution in [3.8, 4) is 0 Å². The molecule has 0 saturated heterocycles. The number of carbonyl (C=O) groups excluding carboxylic acids is 1.